The fraction of sp³-hybridized carbons (Fsp3) is 1.00. The molecule has 0 bridgehead atoms. The topological polar surface area (TPSA) is 64.7 Å². The number of nitrogens with one attached hydrogen (secondary N) is 2. The van der Waals surface area contributed by atoms with Crippen LogP contribution in [-0.2, 0) is 10.2 Å². The molecule has 2 N–H and O–H groups in total. The van der Waals surface area contributed by atoms with Gasteiger partial charge in [-0.3, -0.25) is 0 Å². The first kappa shape index (κ1) is 18.8. The molecule has 0 aromatic heterocycles. The highest BCUT2D eigenvalue weighted by Crippen LogP contribution is 2.16. The van der Waals surface area contributed by atoms with Crippen molar-refractivity contribution in [1.82, 2.24) is 19.2 Å². The molecule has 0 amide bonds. The summed E-state index contributed by atoms with van der Waals surface area (Å²) < 4.78 is 28.1. The maximum absolute atomic E-state index is 12.0. The van der Waals surface area contributed by atoms with Crippen molar-refractivity contribution < 1.29 is 8.42 Å². The average molecular weight is 321 g/mol. The van der Waals surface area contributed by atoms with E-state index in [1.165, 1.54) is 23.6 Å². The second-order valence-electron chi connectivity index (χ2n) is 5.91. The Kier molecular flexibility index (Phi) is 8.73. The molecule has 0 aromatic carbocycles. The van der Waals surface area contributed by atoms with Crippen molar-refractivity contribution in [2.75, 3.05) is 46.8 Å². The molecule has 6 nitrogen and oxygen atoms in total. The molecular weight excluding hydrogens is 288 g/mol. The molecule has 21 heavy (non-hydrogen) atoms. The van der Waals surface area contributed by atoms with Crippen molar-refractivity contribution in [1.29, 1.82) is 0 Å². The van der Waals surface area contributed by atoms with E-state index in [4.69, 9.17) is 0 Å². The van der Waals surface area contributed by atoms with Crippen molar-refractivity contribution in [2.45, 2.75) is 45.1 Å². The minimum atomic E-state index is -3.32. The summed E-state index contributed by atoms with van der Waals surface area (Å²) in [5.41, 5.74) is 0. The van der Waals surface area contributed by atoms with Crippen LogP contribution >= 0.6 is 0 Å². The Hall–Kier alpha value is -0.210. The Morgan fingerprint density at radius 1 is 1.24 bits per heavy atom. The van der Waals surface area contributed by atoms with E-state index in [1.807, 2.05) is 7.05 Å². The Morgan fingerprint density at radius 3 is 2.67 bits per heavy atom. The fourth-order valence-electron chi connectivity index (χ4n) is 2.68. The van der Waals surface area contributed by atoms with Crippen LogP contribution in [0.25, 0.3) is 0 Å². The molecule has 1 saturated heterocycles. The second-order valence-corrected chi connectivity index (χ2v) is 7.77. The molecule has 126 valence electrons. The predicted octanol–water partition coefficient (Wildman–Crippen LogP) is 0.627. The lowest BCUT2D eigenvalue weighted by molar-refractivity contribution is 0.159. The number of hydrogen-bond acceptors (Lipinski definition) is 4. The molecule has 1 heterocycles. The molecule has 1 unspecified atom stereocenters. The highest BCUT2D eigenvalue weighted by atomic mass is 32.2. The van der Waals surface area contributed by atoms with E-state index in [1.54, 1.807) is 7.05 Å². The lowest BCUT2D eigenvalue weighted by Crippen LogP contribution is -2.42. The third kappa shape index (κ3) is 7.06. The van der Waals surface area contributed by atoms with Crippen LogP contribution in [0.1, 0.15) is 39.0 Å². The number of rotatable bonds is 10. The predicted molar refractivity (Wildman–Crippen MR) is 87.6 cm³/mol. The molecule has 1 fully saturated rings. The summed E-state index contributed by atoms with van der Waals surface area (Å²) in [6, 6.07) is 0.638. The van der Waals surface area contributed by atoms with Crippen LogP contribution in [0.3, 0.4) is 0 Å². The van der Waals surface area contributed by atoms with Crippen molar-refractivity contribution in [3.8, 4) is 0 Å². The molecule has 1 aliphatic heterocycles. The zero-order valence-electron chi connectivity index (χ0n) is 13.8. The van der Waals surface area contributed by atoms with Crippen LogP contribution in [0.2, 0.25) is 0 Å². The lowest BCUT2D eigenvalue weighted by Gasteiger charge is -2.33. The van der Waals surface area contributed by atoms with Gasteiger partial charge in [0.05, 0.1) is 0 Å². The average Bonchev–Trinajstić information content (AvgIpc) is 2.45. The highest BCUT2D eigenvalue weighted by Gasteiger charge is 2.19. The molecule has 1 atom stereocenters. The third-order valence-electron chi connectivity index (χ3n) is 4.16. The van der Waals surface area contributed by atoms with Gasteiger partial charge in [-0.15, -0.1) is 0 Å². The minimum absolute atomic E-state index is 0.516. The molecule has 0 spiro atoms. The van der Waals surface area contributed by atoms with Gasteiger partial charge in [0.1, 0.15) is 0 Å². The Balaban J connectivity index is 2.20. The quantitative estimate of drug-likeness (QED) is 0.580. The SMILES string of the molecule is CNCCCN(C)S(=O)(=O)NCCCN1CCCCC1C. The second kappa shape index (κ2) is 9.74. The summed E-state index contributed by atoms with van der Waals surface area (Å²) in [6.07, 6.45) is 5.54. The van der Waals surface area contributed by atoms with E-state index in [2.05, 4.69) is 21.9 Å². The molecule has 7 heteroatoms. The first-order chi connectivity index (χ1) is 9.97. The van der Waals surface area contributed by atoms with Crippen LogP contribution in [-0.4, -0.2) is 70.5 Å². The first-order valence-corrected chi connectivity index (χ1v) is 9.51. The Bertz CT molecular complexity index is 375. The standard InChI is InChI=1S/C14H32N4O2S/c1-14-8-4-5-12-18(14)13-7-10-16-21(19,20)17(3)11-6-9-15-2/h14-16H,4-13H2,1-3H3. The number of nitrogens with zero attached hydrogens (tertiary/aromatic N) is 2. The van der Waals surface area contributed by atoms with E-state index >= 15 is 0 Å². The lowest BCUT2D eigenvalue weighted by atomic mass is 10.0. The normalized spacial score (nSPS) is 21.0. The van der Waals surface area contributed by atoms with Gasteiger partial charge in [-0.25, -0.2) is 4.72 Å². The van der Waals surface area contributed by atoms with Gasteiger partial charge in [0.25, 0.3) is 10.2 Å². The van der Waals surface area contributed by atoms with Crippen LogP contribution in [0.15, 0.2) is 0 Å². The molecule has 0 radical (unpaired) electrons. The van der Waals surface area contributed by atoms with Gasteiger partial charge in [-0.2, -0.15) is 12.7 Å². The molecule has 0 aromatic rings. The van der Waals surface area contributed by atoms with Crippen molar-refractivity contribution in [2.24, 2.45) is 0 Å². The first-order valence-electron chi connectivity index (χ1n) is 8.07. The molecular formula is C14H32N4O2S. The zero-order chi connectivity index (χ0) is 15.7. The summed E-state index contributed by atoms with van der Waals surface area (Å²) in [6.45, 7) is 6.28. The van der Waals surface area contributed by atoms with Crippen LogP contribution in [0.4, 0.5) is 0 Å². The minimum Gasteiger partial charge on any atom is -0.320 e. The van der Waals surface area contributed by atoms with E-state index in [0.717, 1.165) is 32.5 Å². The van der Waals surface area contributed by atoms with Gasteiger partial charge < -0.3 is 10.2 Å². The van der Waals surface area contributed by atoms with Gasteiger partial charge in [0.15, 0.2) is 0 Å². The fourth-order valence-corrected chi connectivity index (χ4v) is 3.67. The Morgan fingerprint density at radius 2 is 2.00 bits per heavy atom. The van der Waals surface area contributed by atoms with Crippen molar-refractivity contribution in [3.63, 3.8) is 0 Å². The number of hydrogen-bond donors (Lipinski definition) is 2. The van der Waals surface area contributed by atoms with Crippen molar-refractivity contribution in [3.05, 3.63) is 0 Å². The summed E-state index contributed by atoms with van der Waals surface area (Å²) in [5, 5.41) is 3.02. The van der Waals surface area contributed by atoms with Crippen LogP contribution in [0.5, 0.6) is 0 Å². The summed E-state index contributed by atoms with van der Waals surface area (Å²) >= 11 is 0. The molecule has 1 rings (SSSR count). The van der Waals surface area contributed by atoms with Crippen LogP contribution in [0, 0.1) is 0 Å². The highest BCUT2D eigenvalue weighted by molar-refractivity contribution is 7.87. The zero-order valence-corrected chi connectivity index (χ0v) is 14.6. The monoisotopic (exact) mass is 320 g/mol. The molecule has 0 aliphatic carbocycles. The van der Waals surface area contributed by atoms with Gasteiger partial charge in [0, 0.05) is 26.2 Å². The van der Waals surface area contributed by atoms with E-state index in [-0.39, 0.29) is 0 Å². The van der Waals surface area contributed by atoms with E-state index in [0.29, 0.717) is 19.1 Å². The van der Waals surface area contributed by atoms with Gasteiger partial charge >= 0.3 is 0 Å². The van der Waals surface area contributed by atoms with Gasteiger partial charge in [-0.1, -0.05) is 6.42 Å². The molecule has 1 aliphatic rings. The number of piperidine rings is 1. The van der Waals surface area contributed by atoms with Crippen molar-refractivity contribution >= 4 is 10.2 Å². The molecule has 0 saturated carbocycles. The van der Waals surface area contributed by atoms with Gasteiger partial charge in [0.2, 0.25) is 0 Å². The Labute approximate surface area is 130 Å². The third-order valence-corrected chi connectivity index (χ3v) is 5.73. The summed E-state index contributed by atoms with van der Waals surface area (Å²) in [7, 11) is 0.179. The smallest absolute Gasteiger partial charge is 0.279 e. The maximum Gasteiger partial charge on any atom is 0.279 e. The van der Waals surface area contributed by atoms with Crippen LogP contribution < -0.4 is 10.0 Å². The van der Waals surface area contributed by atoms with Gasteiger partial charge in [-0.05, 0) is 59.3 Å². The summed E-state index contributed by atoms with van der Waals surface area (Å²) in [4.78, 5) is 2.47. The van der Waals surface area contributed by atoms with E-state index in [9.17, 15) is 8.42 Å². The number of likely N-dealkylation sites (tertiary alicyclic amines) is 1. The van der Waals surface area contributed by atoms with E-state index < -0.39 is 10.2 Å². The maximum atomic E-state index is 12.0. The summed E-state index contributed by atoms with van der Waals surface area (Å²) in [5.74, 6) is 0. The largest absolute Gasteiger partial charge is 0.320 e.